The third-order valence-electron chi connectivity index (χ3n) is 4.93. The van der Waals surface area contributed by atoms with Crippen molar-refractivity contribution in [2.45, 2.75) is 44.0 Å². The summed E-state index contributed by atoms with van der Waals surface area (Å²) in [6, 6.07) is 8.60. The molecule has 0 unspecified atom stereocenters. The van der Waals surface area contributed by atoms with Crippen LogP contribution in [0.1, 0.15) is 24.8 Å². The van der Waals surface area contributed by atoms with Gasteiger partial charge in [-0.2, -0.15) is 0 Å². The van der Waals surface area contributed by atoms with Crippen molar-refractivity contribution in [2.75, 3.05) is 20.4 Å². The number of methoxy groups -OCH3 is 1. The Morgan fingerprint density at radius 1 is 1.11 bits per heavy atom. The van der Waals surface area contributed by atoms with Gasteiger partial charge in [-0.15, -0.1) is 6.58 Å². The van der Waals surface area contributed by atoms with Gasteiger partial charge in [-0.1, -0.05) is 36.4 Å². The SMILES string of the molecule is C=CCN(C(=O)O)[C@@H]1C[C@H](OCOC)C[C@H](N(Cc2ccccc2)C(=O)O)C1. The van der Waals surface area contributed by atoms with Gasteiger partial charge < -0.3 is 29.5 Å². The molecule has 0 radical (unpaired) electrons. The molecule has 1 aromatic carbocycles. The van der Waals surface area contributed by atoms with E-state index in [1.165, 1.54) is 23.0 Å². The molecule has 0 bridgehead atoms. The Morgan fingerprint density at radius 2 is 1.71 bits per heavy atom. The summed E-state index contributed by atoms with van der Waals surface area (Å²) in [5.41, 5.74) is 0.877. The van der Waals surface area contributed by atoms with Gasteiger partial charge in [-0.05, 0) is 24.8 Å². The van der Waals surface area contributed by atoms with Crippen LogP contribution in [0.15, 0.2) is 43.0 Å². The minimum Gasteiger partial charge on any atom is -0.465 e. The summed E-state index contributed by atoms with van der Waals surface area (Å²) in [6.07, 6.45) is 0.521. The molecule has 0 spiro atoms. The van der Waals surface area contributed by atoms with E-state index in [-0.39, 0.29) is 38.1 Å². The van der Waals surface area contributed by atoms with E-state index in [1.54, 1.807) is 0 Å². The Bertz CT molecular complexity index is 653. The van der Waals surface area contributed by atoms with Crippen molar-refractivity contribution >= 4 is 12.2 Å². The lowest BCUT2D eigenvalue weighted by Gasteiger charge is -2.42. The van der Waals surface area contributed by atoms with Gasteiger partial charge in [0.15, 0.2) is 0 Å². The molecule has 1 aliphatic carbocycles. The second kappa shape index (κ2) is 10.7. The predicted octanol–water partition coefficient (Wildman–Crippen LogP) is 3.24. The first kappa shape index (κ1) is 21.7. The monoisotopic (exact) mass is 392 g/mol. The molecular weight excluding hydrogens is 364 g/mol. The average molecular weight is 392 g/mol. The van der Waals surface area contributed by atoms with Crippen LogP contribution in [-0.4, -0.2) is 70.8 Å². The highest BCUT2D eigenvalue weighted by molar-refractivity contribution is 5.66. The summed E-state index contributed by atoms with van der Waals surface area (Å²) in [5, 5.41) is 19.4. The van der Waals surface area contributed by atoms with Crippen LogP contribution in [0.3, 0.4) is 0 Å². The molecule has 2 amide bonds. The van der Waals surface area contributed by atoms with Gasteiger partial charge in [0.05, 0.1) is 6.10 Å². The largest absolute Gasteiger partial charge is 0.465 e. The number of carbonyl (C=O) groups is 2. The molecule has 0 saturated heterocycles. The van der Waals surface area contributed by atoms with Crippen molar-refractivity contribution in [2.24, 2.45) is 0 Å². The highest BCUT2D eigenvalue weighted by Crippen LogP contribution is 2.30. The standard InChI is InChI=1S/C20H28N2O6/c1-3-9-21(19(23)24)16-10-17(12-18(11-16)28-14-27-2)22(20(25)26)13-15-7-5-4-6-8-15/h3-8,16-18H,1,9-14H2,2H3,(H,23,24)(H,25,26)/t16-,17+,18-/m0/s1. The van der Waals surface area contributed by atoms with Crippen LogP contribution in [0.5, 0.6) is 0 Å². The van der Waals surface area contributed by atoms with E-state index in [1.807, 2.05) is 30.3 Å². The highest BCUT2D eigenvalue weighted by Gasteiger charge is 2.38. The zero-order valence-electron chi connectivity index (χ0n) is 16.1. The van der Waals surface area contributed by atoms with E-state index in [2.05, 4.69) is 6.58 Å². The third-order valence-corrected chi connectivity index (χ3v) is 4.93. The molecule has 3 atom stereocenters. The summed E-state index contributed by atoms with van der Waals surface area (Å²) in [6.45, 7) is 4.11. The molecule has 28 heavy (non-hydrogen) atoms. The number of nitrogens with zero attached hydrogens (tertiary/aromatic N) is 2. The summed E-state index contributed by atoms with van der Waals surface area (Å²) < 4.78 is 10.7. The molecule has 0 aromatic heterocycles. The quantitative estimate of drug-likeness (QED) is 0.494. The molecule has 2 N–H and O–H groups in total. The number of hydrogen-bond acceptors (Lipinski definition) is 4. The van der Waals surface area contributed by atoms with E-state index >= 15 is 0 Å². The van der Waals surface area contributed by atoms with Crippen molar-refractivity contribution < 1.29 is 29.3 Å². The summed E-state index contributed by atoms with van der Waals surface area (Å²) in [7, 11) is 1.51. The van der Waals surface area contributed by atoms with Crippen LogP contribution in [0.25, 0.3) is 0 Å². The molecule has 8 nitrogen and oxygen atoms in total. The van der Waals surface area contributed by atoms with Crippen LogP contribution >= 0.6 is 0 Å². The van der Waals surface area contributed by atoms with Gasteiger partial charge >= 0.3 is 12.2 Å². The topological polar surface area (TPSA) is 99.5 Å². The molecule has 1 aromatic rings. The Hall–Kier alpha value is -2.58. The first-order chi connectivity index (χ1) is 13.5. The number of ether oxygens (including phenoxy) is 2. The lowest BCUT2D eigenvalue weighted by molar-refractivity contribution is -0.100. The zero-order chi connectivity index (χ0) is 20.5. The smallest absolute Gasteiger partial charge is 0.407 e. The lowest BCUT2D eigenvalue weighted by atomic mass is 9.86. The average Bonchev–Trinajstić information content (AvgIpc) is 2.68. The van der Waals surface area contributed by atoms with Gasteiger partial charge in [0.25, 0.3) is 0 Å². The van der Waals surface area contributed by atoms with Crippen molar-refractivity contribution in [3.8, 4) is 0 Å². The summed E-state index contributed by atoms with van der Waals surface area (Å²) in [5.74, 6) is 0. The van der Waals surface area contributed by atoms with E-state index in [0.717, 1.165) is 5.56 Å². The van der Waals surface area contributed by atoms with Crippen molar-refractivity contribution in [3.63, 3.8) is 0 Å². The van der Waals surface area contributed by atoms with Crippen molar-refractivity contribution in [1.29, 1.82) is 0 Å². The zero-order valence-corrected chi connectivity index (χ0v) is 16.1. The Balaban J connectivity index is 2.23. The van der Waals surface area contributed by atoms with Gasteiger partial charge in [0.2, 0.25) is 0 Å². The molecular formula is C20H28N2O6. The minimum atomic E-state index is -1.05. The van der Waals surface area contributed by atoms with Crippen molar-refractivity contribution in [1.82, 2.24) is 9.80 Å². The molecule has 1 saturated carbocycles. The number of hydrogen-bond donors (Lipinski definition) is 2. The van der Waals surface area contributed by atoms with Gasteiger partial charge in [0, 0.05) is 32.3 Å². The van der Waals surface area contributed by atoms with Crippen LogP contribution in [0, 0.1) is 0 Å². The normalized spacial score (nSPS) is 21.7. The maximum atomic E-state index is 12.0. The predicted molar refractivity (Wildman–Crippen MR) is 103 cm³/mol. The van der Waals surface area contributed by atoms with Crippen LogP contribution in [-0.2, 0) is 16.0 Å². The van der Waals surface area contributed by atoms with E-state index in [4.69, 9.17) is 9.47 Å². The fourth-order valence-corrected chi connectivity index (χ4v) is 3.67. The Kier molecular flexibility index (Phi) is 8.28. The highest BCUT2D eigenvalue weighted by atomic mass is 16.7. The maximum Gasteiger partial charge on any atom is 0.407 e. The summed E-state index contributed by atoms with van der Waals surface area (Å²) >= 11 is 0. The molecule has 1 fully saturated rings. The molecule has 1 aliphatic rings. The summed E-state index contributed by atoms with van der Waals surface area (Å²) in [4.78, 5) is 26.3. The maximum absolute atomic E-state index is 12.0. The lowest BCUT2D eigenvalue weighted by Crippen LogP contribution is -2.52. The van der Waals surface area contributed by atoms with Gasteiger partial charge in [-0.3, -0.25) is 0 Å². The third kappa shape index (κ3) is 5.97. The van der Waals surface area contributed by atoms with Crippen LogP contribution in [0.4, 0.5) is 9.59 Å². The Labute approximate surface area is 165 Å². The minimum absolute atomic E-state index is 0.0738. The van der Waals surface area contributed by atoms with E-state index < -0.39 is 12.2 Å². The van der Waals surface area contributed by atoms with Crippen LogP contribution < -0.4 is 0 Å². The second-order valence-corrected chi connectivity index (χ2v) is 6.83. The van der Waals surface area contributed by atoms with Crippen LogP contribution in [0.2, 0.25) is 0 Å². The van der Waals surface area contributed by atoms with Gasteiger partial charge in [0.1, 0.15) is 6.79 Å². The molecule has 8 heteroatoms. The second-order valence-electron chi connectivity index (χ2n) is 6.83. The number of amides is 2. The number of carboxylic acid groups (broad SMARTS) is 2. The van der Waals surface area contributed by atoms with E-state index in [9.17, 15) is 19.8 Å². The fraction of sp³-hybridized carbons (Fsp3) is 0.500. The number of benzene rings is 1. The Morgan fingerprint density at radius 3 is 2.25 bits per heavy atom. The molecule has 154 valence electrons. The molecule has 2 rings (SSSR count). The molecule has 0 heterocycles. The van der Waals surface area contributed by atoms with Crippen molar-refractivity contribution in [3.05, 3.63) is 48.6 Å². The van der Waals surface area contributed by atoms with E-state index in [0.29, 0.717) is 19.3 Å². The first-order valence-electron chi connectivity index (χ1n) is 9.20. The first-order valence-corrected chi connectivity index (χ1v) is 9.20. The fourth-order valence-electron chi connectivity index (χ4n) is 3.67. The number of rotatable bonds is 9. The van der Waals surface area contributed by atoms with Gasteiger partial charge in [-0.25, -0.2) is 9.59 Å². The molecule has 0 aliphatic heterocycles.